The topological polar surface area (TPSA) is 112 Å². The van der Waals surface area contributed by atoms with Crippen LogP contribution in [0, 0.1) is 24.0 Å². The van der Waals surface area contributed by atoms with Gasteiger partial charge in [-0.3, -0.25) is 24.6 Å². The molecule has 0 unspecified atom stereocenters. The van der Waals surface area contributed by atoms with E-state index in [1.165, 1.54) is 24.4 Å². The summed E-state index contributed by atoms with van der Waals surface area (Å²) < 4.78 is 7.22. The molecule has 0 bridgehead atoms. The summed E-state index contributed by atoms with van der Waals surface area (Å²) in [6.45, 7) is 3.51. The Morgan fingerprint density at radius 2 is 2.04 bits per heavy atom. The number of carbonyl (C=O) groups is 1. The van der Waals surface area contributed by atoms with Gasteiger partial charge in [-0.1, -0.05) is 0 Å². The van der Waals surface area contributed by atoms with Crippen LogP contribution in [0.4, 0.5) is 11.4 Å². The molecule has 1 aromatic carbocycles. The fraction of sp³-hybridized carbons (Fsp3) is 0.167. The molecule has 2 heterocycles. The number of hydrogen-bond donors (Lipinski definition) is 1. The molecule has 9 nitrogen and oxygen atoms in total. The van der Waals surface area contributed by atoms with Crippen molar-refractivity contribution in [3.8, 4) is 11.5 Å². The Balaban J connectivity index is 1.92. The molecule has 0 radical (unpaired) electrons. The van der Waals surface area contributed by atoms with Crippen LogP contribution in [0.3, 0.4) is 0 Å². The van der Waals surface area contributed by atoms with Gasteiger partial charge in [0.1, 0.15) is 11.5 Å². The number of anilines is 1. The number of carbonyl (C=O) groups excluding carboxylic acids is 1. The summed E-state index contributed by atoms with van der Waals surface area (Å²) in [6.07, 6.45) is 3.07. The van der Waals surface area contributed by atoms with Gasteiger partial charge in [0.25, 0.3) is 11.6 Å². The van der Waals surface area contributed by atoms with Crippen molar-refractivity contribution in [1.29, 1.82) is 0 Å². The molecule has 3 rings (SSSR count). The van der Waals surface area contributed by atoms with Crippen LogP contribution in [0.2, 0.25) is 0 Å². The fourth-order valence-electron chi connectivity index (χ4n) is 2.66. The Kier molecular flexibility index (Phi) is 4.84. The van der Waals surface area contributed by atoms with Crippen molar-refractivity contribution in [2.24, 2.45) is 7.05 Å². The highest BCUT2D eigenvalue weighted by molar-refractivity contribution is 6.06. The average molecular weight is 367 g/mol. The maximum absolute atomic E-state index is 12.6. The van der Waals surface area contributed by atoms with Gasteiger partial charge in [0, 0.05) is 31.1 Å². The van der Waals surface area contributed by atoms with Gasteiger partial charge in [-0.25, -0.2) is 0 Å². The van der Waals surface area contributed by atoms with Crippen molar-refractivity contribution in [2.75, 3.05) is 5.32 Å². The normalized spacial score (nSPS) is 10.5. The van der Waals surface area contributed by atoms with E-state index in [-0.39, 0.29) is 17.1 Å². The summed E-state index contributed by atoms with van der Waals surface area (Å²) in [6, 6.07) is 7.42. The molecule has 27 heavy (non-hydrogen) atoms. The first-order valence-corrected chi connectivity index (χ1v) is 8.04. The zero-order valence-corrected chi connectivity index (χ0v) is 15.0. The van der Waals surface area contributed by atoms with E-state index in [1.54, 1.807) is 43.9 Å². The number of amides is 1. The monoisotopic (exact) mass is 367 g/mol. The van der Waals surface area contributed by atoms with Crippen molar-refractivity contribution in [1.82, 2.24) is 14.8 Å². The number of rotatable bonds is 5. The number of benzene rings is 1. The van der Waals surface area contributed by atoms with Gasteiger partial charge in [0.2, 0.25) is 0 Å². The van der Waals surface area contributed by atoms with E-state index in [2.05, 4.69) is 15.4 Å². The van der Waals surface area contributed by atoms with Crippen LogP contribution in [-0.2, 0) is 7.05 Å². The average Bonchev–Trinajstić information content (AvgIpc) is 2.87. The van der Waals surface area contributed by atoms with Crippen molar-refractivity contribution in [2.45, 2.75) is 13.8 Å². The first-order chi connectivity index (χ1) is 12.8. The number of non-ortho nitro benzene ring substituents is 1. The first kappa shape index (κ1) is 18.1. The van der Waals surface area contributed by atoms with E-state index in [0.717, 1.165) is 0 Å². The number of nitrogens with zero attached hydrogens (tertiary/aromatic N) is 4. The van der Waals surface area contributed by atoms with Crippen LogP contribution in [0.25, 0.3) is 0 Å². The minimum atomic E-state index is -0.549. The Hall–Kier alpha value is -3.75. The van der Waals surface area contributed by atoms with Gasteiger partial charge in [-0.05, 0) is 26.0 Å². The molecule has 0 aliphatic carbocycles. The molecule has 1 amide bonds. The van der Waals surface area contributed by atoms with Gasteiger partial charge in [0.05, 0.1) is 34.1 Å². The zero-order valence-electron chi connectivity index (χ0n) is 15.0. The molecule has 0 spiro atoms. The molecule has 9 heteroatoms. The molecule has 0 saturated heterocycles. The minimum Gasteiger partial charge on any atom is -0.455 e. The first-order valence-electron chi connectivity index (χ1n) is 8.04. The van der Waals surface area contributed by atoms with E-state index >= 15 is 0 Å². The summed E-state index contributed by atoms with van der Waals surface area (Å²) in [5, 5.41) is 18.1. The number of nitro groups is 1. The predicted molar refractivity (Wildman–Crippen MR) is 98.0 cm³/mol. The largest absolute Gasteiger partial charge is 0.455 e. The van der Waals surface area contributed by atoms with E-state index in [9.17, 15) is 14.9 Å². The highest BCUT2D eigenvalue weighted by Crippen LogP contribution is 2.30. The van der Waals surface area contributed by atoms with Gasteiger partial charge >= 0.3 is 0 Å². The van der Waals surface area contributed by atoms with Crippen LogP contribution < -0.4 is 10.1 Å². The van der Waals surface area contributed by atoms with Crippen molar-refractivity contribution >= 4 is 17.3 Å². The van der Waals surface area contributed by atoms with Gasteiger partial charge < -0.3 is 10.1 Å². The highest BCUT2D eigenvalue weighted by atomic mass is 16.6. The predicted octanol–water partition coefficient (Wildman–Crippen LogP) is 3.38. The SMILES string of the molecule is Cc1nn(C)c(C)c1C(=O)Nc1cc(Oc2cccnc2)cc([N+](=O)[O-])c1. The summed E-state index contributed by atoms with van der Waals surface area (Å²) in [5.41, 5.74) is 1.74. The maximum Gasteiger partial charge on any atom is 0.275 e. The van der Waals surface area contributed by atoms with Crippen molar-refractivity contribution in [3.63, 3.8) is 0 Å². The number of aromatic nitrogens is 3. The second-order valence-electron chi connectivity index (χ2n) is 5.89. The summed E-state index contributed by atoms with van der Waals surface area (Å²) >= 11 is 0. The second kappa shape index (κ2) is 7.24. The minimum absolute atomic E-state index is 0.202. The lowest BCUT2D eigenvalue weighted by Gasteiger charge is -2.09. The molecule has 0 fully saturated rings. The Labute approximate surface area is 154 Å². The number of aryl methyl sites for hydroxylation is 2. The Morgan fingerprint density at radius 1 is 1.26 bits per heavy atom. The van der Waals surface area contributed by atoms with Crippen LogP contribution >= 0.6 is 0 Å². The molecule has 0 aliphatic rings. The van der Waals surface area contributed by atoms with Crippen molar-refractivity contribution in [3.05, 3.63) is 69.8 Å². The molecule has 2 aromatic heterocycles. The van der Waals surface area contributed by atoms with E-state index in [1.807, 2.05) is 0 Å². The third-order valence-corrected chi connectivity index (χ3v) is 3.97. The number of nitro benzene ring substituents is 1. The number of ether oxygens (including phenoxy) is 1. The molecule has 0 saturated carbocycles. The van der Waals surface area contributed by atoms with Crippen LogP contribution in [0.15, 0.2) is 42.7 Å². The lowest BCUT2D eigenvalue weighted by atomic mass is 10.1. The van der Waals surface area contributed by atoms with Gasteiger partial charge in [0.15, 0.2) is 0 Å². The molecule has 0 aliphatic heterocycles. The van der Waals surface area contributed by atoms with Crippen molar-refractivity contribution < 1.29 is 14.5 Å². The molecular weight excluding hydrogens is 350 g/mol. The van der Waals surface area contributed by atoms with E-state index < -0.39 is 10.8 Å². The quantitative estimate of drug-likeness (QED) is 0.546. The van der Waals surface area contributed by atoms with Crippen LogP contribution in [0.5, 0.6) is 11.5 Å². The number of pyridine rings is 1. The smallest absolute Gasteiger partial charge is 0.275 e. The molecular formula is C18H17N5O4. The maximum atomic E-state index is 12.6. The molecule has 1 N–H and O–H groups in total. The summed E-state index contributed by atoms with van der Waals surface area (Å²) in [5.74, 6) is 0.243. The zero-order chi connectivity index (χ0) is 19.6. The standard InChI is InChI=1S/C18H17N5O4/c1-11-17(12(2)22(3)21-11)18(24)20-13-7-14(23(25)26)9-16(8-13)27-15-5-4-6-19-10-15/h4-10H,1-3H3,(H,20,24). The summed E-state index contributed by atoms with van der Waals surface area (Å²) in [7, 11) is 1.74. The molecule has 138 valence electrons. The Morgan fingerprint density at radius 3 is 2.63 bits per heavy atom. The lowest BCUT2D eigenvalue weighted by molar-refractivity contribution is -0.384. The molecule has 3 aromatic rings. The van der Waals surface area contributed by atoms with E-state index in [4.69, 9.17) is 4.74 Å². The second-order valence-corrected chi connectivity index (χ2v) is 5.89. The summed E-state index contributed by atoms with van der Waals surface area (Å²) in [4.78, 5) is 27.3. The number of nitrogens with one attached hydrogen (secondary N) is 1. The van der Waals surface area contributed by atoms with E-state index in [0.29, 0.717) is 22.7 Å². The third-order valence-electron chi connectivity index (χ3n) is 3.97. The lowest BCUT2D eigenvalue weighted by Crippen LogP contribution is -2.14. The highest BCUT2D eigenvalue weighted by Gasteiger charge is 2.19. The van der Waals surface area contributed by atoms with Crippen LogP contribution in [0.1, 0.15) is 21.7 Å². The van der Waals surface area contributed by atoms with Crippen LogP contribution in [-0.4, -0.2) is 25.6 Å². The van der Waals surface area contributed by atoms with Gasteiger partial charge in [-0.15, -0.1) is 0 Å². The van der Waals surface area contributed by atoms with Gasteiger partial charge in [-0.2, -0.15) is 5.10 Å². The number of hydrogen-bond acceptors (Lipinski definition) is 6. The fourth-order valence-corrected chi connectivity index (χ4v) is 2.66. The molecule has 0 atom stereocenters. The Bertz CT molecular complexity index is 1010. The third kappa shape index (κ3) is 3.92.